The Labute approximate surface area is 273 Å². The Balaban J connectivity index is 1.38. The molecule has 4 unspecified atom stereocenters. The lowest BCUT2D eigenvalue weighted by molar-refractivity contribution is -0.730. The van der Waals surface area contributed by atoms with Crippen LogP contribution >= 0.6 is 0 Å². The number of amidine groups is 1. The summed E-state index contributed by atoms with van der Waals surface area (Å²) in [5, 5.41) is 42.2. The van der Waals surface area contributed by atoms with Crippen molar-refractivity contribution >= 4 is 47.2 Å². The number of carbonyl (C=O) groups is 2. The number of nitrogens with zero attached hydrogens (tertiary/aromatic N) is 5. The number of fused-ring (bicyclic) bond motifs is 5. The molecular formula is C32H33N7O9. The second kappa shape index (κ2) is 11.8. The number of carbonyl (C=O) groups excluding carboxylic acids is 2. The van der Waals surface area contributed by atoms with Crippen LogP contribution in [0.2, 0.25) is 0 Å². The number of guanidine groups is 1. The Morgan fingerprint density at radius 2 is 2.15 bits per heavy atom. The summed E-state index contributed by atoms with van der Waals surface area (Å²) in [4.78, 5) is 43.0. The summed E-state index contributed by atoms with van der Waals surface area (Å²) in [5.41, 5.74) is 0.331. The molecule has 7 rings (SSSR count). The number of hydrogen-bond acceptors (Lipinski definition) is 12. The van der Waals surface area contributed by atoms with Crippen LogP contribution in [0, 0.1) is 5.41 Å². The number of aliphatic hydroxyl groups excluding tert-OH is 1. The highest BCUT2D eigenvalue weighted by molar-refractivity contribution is 6.66. The zero-order valence-corrected chi connectivity index (χ0v) is 26.4. The molecule has 16 heteroatoms. The Morgan fingerprint density at radius 1 is 1.33 bits per heavy atom. The van der Waals surface area contributed by atoms with E-state index >= 15 is 0 Å². The molecule has 0 bridgehead atoms. The van der Waals surface area contributed by atoms with Gasteiger partial charge in [0.2, 0.25) is 11.7 Å². The number of rotatable bonds is 8. The van der Waals surface area contributed by atoms with E-state index in [2.05, 4.69) is 20.0 Å². The number of aliphatic imine (C=N–C) groups is 3. The molecule has 0 radical (unpaired) electrons. The van der Waals surface area contributed by atoms with Crippen LogP contribution in [-0.2, 0) is 27.5 Å². The van der Waals surface area contributed by atoms with Crippen LogP contribution in [0.3, 0.4) is 0 Å². The smallest absolute Gasteiger partial charge is 0.375 e. The number of imidazole rings is 1. The molecule has 2 aromatic rings. The van der Waals surface area contributed by atoms with Crippen LogP contribution in [0.5, 0.6) is 17.2 Å². The van der Waals surface area contributed by atoms with Crippen molar-refractivity contribution in [2.45, 2.75) is 63.9 Å². The Hall–Kier alpha value is -5.19. The van der Waals surface area contributed by atoms with Crippen LogP contribution in [0.25, 0.3) is 5.57 Å². The fraction of sp³-hybridized carbons (Fsp3) is 0.406. The predicted octanol–water partition coefficient (Wildman–Crippen LogP) is -0.310. The van der Waals surface area contributed by atoms with Gasteiger partial charge in [-0.1, -0.05) is 6.08 Å². The third-order valence-corrected chi connectivity index (χ3v) is 9.24. The van der Waals surface area contributed by atoms with Crippen LogP contribution in [0.4, 0.5) is 5.95 Å². The minimum absolute atomic E-state index is 0.0177. The van der Waals surface area contributed by atoms with Gasteiger partial charge in [-0.15, -0.1) is 0 Å². The average molecular weight is 660 g/mol. The van der Waals surface area contributed by atoms with Crippen molar-refractivity contribution in [3.8, 4) is 17.2 Å². The standard InChI is InChI=1S/C32H33N7O9/c1-4-46-29(43)24-17(12-40)15(7-10-38-11-9-34-31(38)39-14-35-21-27(39)36-30(33)37-28(21)42)19-22(47-24)18(13-41)23-20(25(19)45-3)16-6-5-8-32(2,44)26(16)48-23/h7,9,11-12,16,26,41,44H,4-6,8,10,13-14H2,1-3H3,(H2,33,37,42). The van der Waals surface area contributed by atoms with Crippen molar-refractivity contribution in [2.75, 3.05) is 20.4 Å². The van der Waals surface area contributed by atoms with E-state index in [1.54, 1.807) is 36.9 Å². The number of allylic oxidation sites excluding steroid dienone is 3. The molecule has 1 fully saturated rings. The lowest BCUT2D eigenvalue weighted by atomic mass is 9.73. The molecule has 5 heterocycles. The predicted molar refractivity (Wildman–Crippen MR) is 167 cm³/mol. The number of nitrogens with one attached hydrogen (secondary N) is 2. The SMILES string of the molecule is CCOC(=O)C1=C(C=O)C(=CCn2ccnc2[NH+]2CN=C3C([O-])=NC(=N)N=C32)c2c(c(CO)c3c(c2OC)C2CCCC(C)(O)C2O3)O1. The molecule has 4 N–H and O–H groups in total. The first-order valence-electron chi connectivity index (χ1n) is 15.5. The molecule has 1 saturated carbocycles. The third-order valence-electron chi connectivity index (χ3n) is 9.24. The topological polar surface area (TPSA) is 218 Å². The lowest BCUT2D eigenvalue weighted by Gasteiger charge is -2.37. The molecule has 1 aromatic heterocycles. The van der Waals surface area contributed by atoms with Gasteiger partial charge in [0.05, 0.1) is 48.8 Å². The number of quaternary nitrogens is 1. The fourth-order valence-corrected chi connectivity index (χ4v) is 7.19. The number of aromatic nitrogens is 2. The van der Waals surface area contributed by atoms with Crippen LogP contribution in [-0.4, -0.2) is 87.5 Å². The molecule has 16 nitrogen and oxygen atoms in total. The van der Waals surface area contributed by atoms with Gasteiger partial charge in [0.1, 0.15) is 23.4 Å². The van der Waals surface area contributed by atoms with E-state index in [-0.39, 0.29) is 65.5 Å². The molecule has 48 heavy (non-hydrogen) atoms. The van der Waals surface area contributed by atoms with Gasteiger partial charge >= 0.3 is 11.9 Å². The Morgan fingerprint density at radius 3 is 2.88 bits per heavy atom. The largest absolute Gasteiger partial charge is 0.857 e. The molecule has 4 aliphatic heterocycles. The monoisotopic (exact) mass is 659 g/mol. The summed E-state index contributed by atoms with van der Waals surface area (Å²) < 4.78 is 25.5. The summed E-state index contributed by atoms with van der Waals surface area (Å²) in [5.74, 6) is -1.20. The zero-order chi connectivity index (χ0) is 33.9. The molecule has 5 aliphatic rings. The highest BCUT2D eigenvalue weighted by atomic mass is 16.6. The molecule has 0 amide bonds. The van der Waals surface area contributed by atoms with Crippen molar-refractivity contribution in [3.05, 3.63) is 46.5 Å². The van der Waals surface area contributed by atoms with E-state index in [0.717, 1.165) is 6.42 Å². The average Bonchev–Trinajstić information content (AvgIpc) is 3.79. The van der Waals surface area contributed by atoms with E-state index in [4.69, 9.17) is 24.4 Å². The maximum Gasteiger partial charge on any atom is 0.375 e. The number of aldehydes is 1. The summed E-state index contributed by atoms with van der Waals surface area (Å²) in [7, 11) is 1.48. The first kappa shape index (κ1) is 31.4. The molecule has 1 aliphatic carbocycles. The summed E-state index contributed by atoms with van der Waals surface area (Å²) in [6, 6.07) is 0. The summed E-state index contributed by atoms with van der Waals surface area (Å²) in [6.07, 6.45) is 6.80. The molecule has 4 atom stereocenters. The van der Waals surface area contributed by atoms with Crippen molar-refractivity contribution in [1.29, 1.82) is 5.41 Å². The quantitative estimate of drug-likeness (QED) is 0.214. The van der Waals surface area contributed by atoms with Gasteiger partial charge in [-0.05, 0) is 33.1 Å². The summed E-state index contributed by atoms with van der Waals surface area (Å²) in [6.45, 7) is 3.03. The highest BCUT2D eigenvalue weighted by Gasteiger charge is 2.52. The number of ether oxygens (including phenoxy) is 4. The van der Waals surface area contributed by atoms with Crippen molar-refractivity contribution in [3.63, 3.8) is 0 Å². The molecule has 0 spiro atoms. The van der Waals surface area contributed by atoms with Gasteiger partial charge in [-0.3, -0.25) is 14.8 Å². The third kappa shape index (κ3) is 4.74. The number of hydrogen-bond donors (Lipinski definition) is 4. The second-order valence-corrected chi connectivity index (χ2v) is 12.1. The number of aliphatic hydroxyl groups is 2. The van der Waals surface area contributed by atoms with Gasteiger partial charge in [-0.25, -0.2) is 19.7 Å². The zero-order valence-electron chi connectivity index (χ0n) is 26.4. The van der Waals surface area contributed by atoms with Gasteiger partial charge in [0.25, 0.3) is 5.84 Å². The number of methoxy groups -OCH3 is 1. The van der Waals surface area contributed by atoms with E-state index in [9.17, 15) is 24.9 Å². The van der Waals surface area contributed by atoms with Crippen molar-refractivity contribution < 1.29 is 48.8 Å². The maximum absolute atomic E-state index is 13.2. The van der Waals surface area contributed by atoms with Gasteiger partial charge in [-0.2, -0.15) is 9.98 Å². The van der Waals surface area contributed by atoms with Gasteiger partial charge in [0, 0.05) is 35.7 Å². The highest BCUT2D eigenvalue weighted by Crippen LogP contribution is 2.60. The van der Waals surface area contributed by atoms with Gasteiger partial charge in [0.15, 0.2) is 18.7 Å². The molecule has 0 saturated heterocycles. The van der Waals surface area contributed by atoms with Crippen LogP contribution in [0.1, 0.15) is 55.7 Å². The van der Waals surface area contributed by atoms with Crippen molar-refractivity contribution in [1.82, 2.24) is 9.55 Å². The molecular weight excluding hydrogens is 626 g/mol. The number of benzene rings is 1. The van der Waals surface area contributed by atoms with Gasteiger partial charge < -0.3 is 34.3 Å². The number of esters is 1. The minimum Gasteiger partial charge on any atom is -0.857 e. The summed E-state index contributed by atoms with van der Waals surface area (Å²) >= 11 is 0. The van der Waals surface area contributed by atoms with Crippen LogP contribution < -0.4 is 24.2 Å². The van der Waals surface area contributed by atoms with E-state index in [1.165, 1.54) is 7.11 Å². The second-order valence-electron chi connectivity index (χ2n) is 12.1. The first-order chi connectivity index (χ1) is 23.1. The molecule has 1 aromatic carbocycles. The van der Waals surface area contributed by atoms with Crippen molar-refractivity contribution in [2.24, 2.45) is 15.0 Å². The van der Waals surface area contributed by atoms with E-state index in [0.29, 0.717) is 52.6 Å². The fourth-order valence-electron chi connectivity index (χ4n) is 7.19. The van der Waals surface area contributed by atoms with E-state index < -0.39 is 36.1 Å². The Kier molecular flexibility index (Phi) is 7.72. The molecule has 250 valence electrons. The maximum atomic E-state index is 13.2. The van der Waals surface area contributed by atoms with Crippen LogP contribution in [0.15, 0.2) is 44.8 Å². The Bertz CT molecular complexity index is 1920. The normalized spacial score (nSPS) is 26.4. The van der Waals surface area contributed by atoms with E-state index in [1.807, 2.05) is 0 Å². The lowest BCUT2D eigenvalue weighted by Crippen LogP contribution is -3.10. The minimum atomic E-state index is -1.15. The first-order valence-corrected chi connectivity index (χ1v) is 15.5.